The van der Waals surface area contributed by atoms with Crippen LogP contribution in [0.5, 0.6) is 0 Å². The summed E-state index contributed by atoms with van der Waals surface area (Å²) < 4.78 is 10.0. The second-order valence-corrected chi connectivity index (χ2v) is 3.50. The van der Waals surface area contributed by atoms with Crippen molar-refractivity contribution in [3.8, 4) is 0 Å². The first kappa shape index (κ1) is 13.7. The Morgan fingerprint density at radius 1 is 1.47 bits per heavy atom. The predicted molar refractivity (Wildman–Crippen MR) is 54.9 cm³/mol. The first-order valence-electron chi connectivity index (χ1n) is 4.47. The molecule has 0 aromatic heterocycles. The number of rotatable bonds is 4. The van der Waals surface area contributed by atoms with Crippen LogP contribution in [0.3, 0.4) is 0 Å². The average molecular weight is 218 g/mol. The predicted octanol–water partition coefficient (Wildman–Crippen LogP) is 0.208. The van der Waals surface area contributed by atoms with Gasteiger partial charge in [-0.25, -0.2) is 0 Å². The summed E-state index contributed by atoms with van der Waals surface area (Å²) in [4.78, 5) is 11.6. The second kappa shape index (κ2) is 5.55. The van der Waals surface area contributed by atoms with Crippen LogP contribution in [0, 0.1) is 5.92 Å². The van der Waals surface area contributed by atoms with Gasteiger partial charge in [0.05, 0.1) is 12.7 Å². The molecule has 0 rings (SSSR count). The summed E-state index contributed by atoms with van der Waals surface area (Å²) >= 11 is 0. The van der Waals surface area contributed by atoms with Crippen LogP contribution in [0.4, 0.5) is 0 Å². The molecule has 0 heterocycles. The standard InChI is InChI=1S/C9H18N2O4/c1-9(2,15-5)6(7(12)10-3)8(11-13)14-4/h6,13H,1-5H3,(H,10,12). The number of carbonyl (C=O) groups excluding carboxylic acids is 1. The Balaban J connectivity index is 5.14. The van der Waals surface area contributed by atoms with E-state index in [4.69, 9.17) is 14.7 Å². The average Bonchev–Trinajstić information content (AvgIpc) is 2.24. The van der Waals surface area contributed by atoms with Gasteiger partial charge in [0.2, 0.25) is 11.8 Å². The lowest BCUT2D eigenvalue weighted by molar-refractivity contribution is -0.130. The zero-order valence-electron chi connectivity index (χ0n) is 9.70. The van der Waals surface area contributed by atoms with Crippen LogP contribution >= 0.6 is 0 Å². The molecule has 0 saturated heterocycles. The van der Waals surface area contributed by atoms with Crippen molar-refractivity contribution in [1.82, 2.24) is 5.32 Å². The number of nitrogens with zero attached hydrogens (tertiary/aromatic N) is 1. The molecule has 1 amide bonds. The van der Waals surface area contributed by atoms with Crippen LogP contribution in [-0.2, 0) is 14.3 Å². The molecular weight excluding hydrogens is 200 g/mol. The molecule has 6 nitrogen and oxygen atoms in total. The quantitative estimate of drug-likeness (QED) is 0.306. The number of oxime groups is 1. The second-order valence-electron chi connectivity index (χ2n) is 3.50. The summed E-state index contributed by atoms with van der Waals surface area (Å²) in [6, 6.07) is 0. The van der Waals surface area contributed by atoms with E-state index in [9.17, 15) is 4.79 Å². The minimum Gasteiger partial charge on any atom is -0.481 e. The zero-order valence-corrected chi connectivity index (χ0v) is 9.70. The van der Waals surface area contributed by atoms with E-state index in [0.717, 1.165) is 0 Å². The van der Waals surface area contributed by atoms with Gasteiger partial charge >= 0.3 is 0 Å². The molecule has 0 aliphatic carbocycles. The Morgan fingerprint density at radius 2 is 2.00 bits per heavy atom. The van der Waals surface area contributed by atoms with Crippen LogP contribution < -0.4 is 5.32 Å². The first-order chi connectivity index (χ1) is 6.94. The molecule has 0 aliphatic heterocycles. The highest BCUT2D eigenvalue weighted by atomic mass is 16.5. The molecule has 0 radical (unpaired) electrons. The third kappa shape index (κ3) is 3.09. The van der Waals surface area contributed by atoms with Crippen molar-refractivity contribution in [3.63, 3.8) is 0 Å². The van der Waals surface area contributed by atoms with E-state index in [1.165, 1.54) is 21.3 Å². The summed E-state index contributed by atoms with van der Waals surface area (Å²) in [6.45, 7) is 3.41. The summed E-state index contributed by atoms with van der Waals surface area (Å²) in [5.74, 6) is -1.22. The summed E-state index contributed by atoms with van der Waals surface area (Å²) in [5.41, 5.74) is -0.822. The number of amides is 1. The molecule has 0 aliphatic rings. The third-order valence-corrected chi connectivity index (χ3v) is 2.28. The van der Waals surface area contributed by atoms with E-state index in [1.54, 1.807) is 13.8 Å². The van der Waals surface area contributed by atoms with Gasteiger partial charge in [0, 0.05) is 14.2 Å². The highest BCUT2D eigenvalue weighted by molar-refractivity contribution is 6.01. The molecule has 0 aromatic rings. The Labute approximate surface area is 89.2 Å². The van der Waals surface area contributed by atoms with Crippen LogP contribution in [0.15, 0.2) is 5.16 Å². The number of methoxy groups -OCH3 is 2. The fourth-order valence-corrected chi connectivity index (χ4v) is 1.20. The Kier molecular flexibility index (Phi) is 5.07. The van der Waals surface area contributed by atoms with Crippen molar-refractivity contribution >= 4 is 11.8 Å². The molecule has 0 saturated carbocycles. The maximum Gasteiger partial charge on any atom is 0.240 e. The van der Waals surface area contributed by atoms with Crippen LogP contribution in [-0.4, -0.2) is 43.9 Å². The van der Waals surface area contributed by atoms with E-state index in [1.807, 2.05) is 0 Å². The summed E-state index contributed by atoms with van der Waals surface area (Å²) in [5, 5.41) is 14.1. The fraction of sp³-hybridized carbons (Fsp3) is 0.778. The van der Waals surface area contributed by atoms with Gasteiger partial charge in [-0.3, -0.25) is 4.79 Å². The highest BCUT2D eigenvalue weighted by Gasteiger charge is 2.40. The van der Waals surface area contributed by atoms with Crippen molar-refractivity contribution in [2.45, 2.75) is 19.4 Å². The zero-order chi connectivity index (χ0) is 12.1. The fourth-order valence-electron chi connectivity index (χ4n) is 1.20. The van der Waals surface area contributed by atoms with E-state index < -0.39 is 11.5 Å². The summed E-state index contributed by atoms with van der Waals surface area (Å²) in [6.07, 6.45) is 0. The van der Waals surface area contributed by atoms with Gasteiger partial charge in [-0.2, -0.15) is 0 Å². The SMILES string of the molecule is CNC(=O)C(C(=NO)OC)C(C)(C)OC. The molecule has 6 heteroatoms. The topological polar surface area (TPSA) is 80.2 Å². The van der Waals surface area contributed by atoms with Gasteiger partial charge in [0.15, 0.2) is 0 Å². The minimum absolute atomic E-state index is 0.0822. The summed E-state index contributed by atoms with van der Waals surface area (Å²) in [7, 11) is 4.29. The van der Waals surface area contributed by atoms with Crippen LogP contribution in [0.2, 0.25) is 0 Å². The molecule has 0 fully saturated rings. The number of hydrogen-bond acceptors (Lipinski definition) is 5. The highest BCUT2D eigenvalue weighted by Crippen LogP contribution is 2.22. The lowest BCUT2D eigenvalue weighted by atomic mass is 9.89. The number of hydrogen-bond donors (Lipinski definition) is 2. The molecule has 1 atom stereocenters. The third-order valence-electron chi connectivity index (χ3n) is 2.28. The molecule has 1 unspecified atom stereocenters. The van der Waals surface area contributed by atoms with Crippen LogP contribution in [0.25, 0.3) is 0 Å². The van der Waals surface area contributed by atoms with Crippen molar-refractivity contribution in [2.24, 2.45) is 11.1 Å². The molecule has 0 aromatic carbocycles. The number of ether oxygens (including phenoxy) is 2. The number of carbonyl (C=O) groups is 1. The van der Waals surface area contributed by atoms with E-state index in [0.29, 0.717) is 0 Å². The number of nitrogens with one attached hydrogen (secondary N) is 1. The van der Waals surface area contributed by atoms with Crippen LogP contribution in [0.1, 0.15) is 13.8 Å². The van der Waals surface area contributed by atoms with Gasteiger partial charge < -0.3 is 20.0 Å². The van der Waals surface area contributed by atoms with Gasteiger partial charge in [-0.15, -0.1) is 0 Å². The molecule has 15 heavy (non-hydrogen) atoms. The maximum atomic E-state index is 11.6. The Bertz CT molecular complexity index is 250. The van der Waals surface area contributed by atoms with E-state index in [-0.39, 0.29) is 11.8 Å². The first-order valence-corrected chi connectivity index (χ1v) is 4.47. The Morgan fingerprint density at radius 3 is 2.27 bits per heavy atom. The van der Waals surface area contributed by atoms with Crippen molar-refractivity contribution in [3.05, 3.63) is 0 Å². The van der Waals surface area contributed by atoms with Crippen molar-refractivity contribution in [2.75, 3.05) is 21.3 Å². The molecule has 2 N–H and O–H groups in total. The van der Waals surface area contributed by atoms with Gasteiger partial charge in [-0.1, -0.05) is 5.16 Å². The van der Waals surface area contributed by atoms with Gasteiger partial charge in [-0.05, 0) is 13.8 Å². The molecule has 0 spiro atoms. The van der Waals surface area contributed by atoms with E-state index in [2.05, 4.69) is 10.5 Å². The van der Waals surface area contributed by atoms with Gasteiger partial charge in [0.1, 0.15) is 5.92 Å². The van der Waals surface area contributed by atoms with E-state index >= 15 is 0 Å². The van der Waals surface area contributed by atoms with Gasteiger partial charge in [0.25, 0.3) is 0 Å². The lowest BCUT2D eigenvalue weighted by Crippen LogP contribution is -2.48. The minimum atomic E-state index is -0.822. The van der Waals surface area contributed by atoms with Crippen molar-refractivity contribution < 1.29 is 19.5 Å². The maximum absolute atomic E-state index is 11.6. The monoisotopic (exact) mass is 218 g/mol. The largest absolute Gasteiger partial charge is 0.481 e. The Hall–Kier alpha value is -1.30. The van der Waals surface area contributed by atoms with Crippen molar-refractivity contribution in [1.29, 1.82) is 0 Å². The molecule has 88 valence electrons. The normalized spacial score (nSPS) is 14.6. The molecule has 0 bridgehead atoms. The molecular formula is C9H18N2O4. The lowest BCUT2D eigenvalue weighted by Gasteiger charge is -2.30. The smallest absolute Gasteiger partial charge is 0.240 e.